The first-order valence-corrected chi connectivity index (χ1v) is 7.73. The van der Waals surface area contributed by atoms with Crippen molar-refractivity contribution in [3.8, 4) is 0 Å². The minimum atomic E-state index is 0.470. The van der Waals surface area contributed by atoms with Crippen LogP contribution in [0, 0.1) is 11.8 Å². The van der Waals surface area contributed by atoms with Gasteiger partial charge in [-0.15, -0.1) is 0 Å². The van der Waals surface area contributed by atoms with Crippen LogP contribution in [0.25, 0.3) is 11.6 Å². The van der Waals surface area contributed by atoms with E-state index in [4.69, 9.17) is 0 Å². The largest absolute Gasteiger partial charge is 0.309 e. The first kappa shape index (κ1) is 14.1. The fourth-order valence-corrected chi connectivity index (χ4v) is 3.14. The molecule has 1 heteroatoms. The van der Waals surface area contributed by atoms with Gasteiger partial charge in [0.25, 0.3) is 0 Å². The lowest BCUT2D eigenvalue weighted by Crippen LogP contribution is -2.14. The summed E-state index contributed by atoms with van der Waals surface area (Å²) < 4.78 is 0. The maximum Gasteiger partial charge on any atom is 0.0122 e. The highest BCUT2D eigenvalue weighted by Gasteiger charge is 2.24. The highest BCUT2D eigenvalue weighted by atomic mass is 15.0. The van der Waals surface area contributed by atoms with Gasteiger partial charge in [-0.2, -0.15) is 0 Å². The molecular formula is C20H23N. The molecule has 2 aliphatic rings. The second-order valence-electron chi connectivity index (χ2n) is 6.07. The molecule has 2 unspecified atom stereocenters. The van der Waals surface area contributed by atoms with Crippen molar-refractivity contribution in [1.29, 1.82) is 0 Å². The second-order valence-corrected chi connectivity index (χ2v) is 6.07. The summed E-state index contributed by atoms with van der Waals surface area (Å²) in [5.41, 5.74) is 4.20. The Morgan fingerprint density at radius 1 is 1.05 bits per heavy atom. The van der Waals surface area contributed by atoms with Crippen molar-refractivity contribution in [2.75, 3.05) is 20.6 Å². The Balaban J connectivity index is 2.00. The molecule has 0 radical (unpaired) electrons. The van der Waals surface area contributed by atoms with Gasteiger partial charge in [0, 0.05) is 18.4 Å². The Morgan fingerprint density at radius 2 is 1.86 bits per heavy atom. The number of nitrogens with zero attached hydrogens (tertiary/aromatic N) is 1. The molecule has 21 heavy (non-hydrogen) atoms. The zero-order chi connectivity index (χ0) is 14.7. The van der Waals surface area contributed by atoms with Crippen molar-refractivity contribution >= 4 is 11.6 Å². The monoisotopic (exact) mass is 277 g/mol. The number of hydrogen-bond donors (Lipinski definition) is 0. The summed E-state index contributed by atoms with van der Waals surface area (Å²) in [5.74, 6) is 0.949. The summed E-state index contributed by atoms with van der Waals surface area (Å²) in [6.45, 7) is 1.09. The molecular weight excluding hydrogens is 254 g/mol. The van der Waals surface area contributed by atoms with Gasteiger partial charge in [0.2, 0.25) is 0 Å². The van der Waals surface area contributed by atoms with Gasteiger partial charge in [-0.05, 0) is 37.2 Å². The van der Waals surface area contributed by atoms with Gasteiger partial charge in [-0.1, -0.05) is 66.8 Å². The molecule has 1 nitrogen and oxygen atoms in total. The van der Waals surface area contributed by atoms with Gasteiger partial charge in [-0.25, -0.2) is 0 Å². The van der Waals surface area contributed by atoms with E-state index < -0.39 is 0 Å². The lowest BCUT2D eigenvalue weighted by Gasteiger charge is -2.24. The van der Waals surface area contributed by atoms with Gasteiger partial charge in [-0.3, -0.25) is 0 Å². The summed E-state index contributed by atoms with van der Waals surface area (Å²) in [6.07, 6.45) is 17.2. The third-order valence-electron chi connectivity index (χ3n) is 4.25. The molecule has 0 bridgehead atoms. The SMILES string of the molecule is CN(C)CC/C=C1/c2ccccc2C=CC2C=CC=CC12. The Kier molecular flexibility index (Phi) is 4.21. The zero-order valence-corrected chi connectivity index (χ0v) is 12.9. The number of rotatable bonds is 3. The standard InChI is InChI=1S/C20H23N/c1-21(2)15-7-12-20-18-10-5-3-8-16(18)13-14-17-9-4-6-11-19(17)20/h3-6,8-14,16,18H,7,15H2,1-2H3/b20-12+. The first-order valence-electron chi connectivity index (χ1n) is 7.73. The van der Waals surface area contributed by atoms with E-state index in [0.717, 1.165) is 13.0 Å². The van der Waals surface area contributed by atoms with Crippen LogP contribution in [0.1, 0.15) is 17.5 Å². The quantitative estimate of drug-likeness (QED) is 0.791. The first-order chi connectivity index (χ1) is 10.3. The molecule has 1 aromatic carbocycles. The third-order valence-corrected chi connectivity index (χ3v) is 4.25. The highest BCUT2D eigenvalue weighted by molar-refractivity contribution is 5.79. The fourth-order valence-electron chi connectivity index (χ4n) is 3.14. The molecule has 0 heterocycles. The molecule has 3 rings (SSSR count). The number of fused-ring (bicyclic) bond motifs is 2. The molecule has 0 spiro atoms. The van der Waals surface area contributed by atoms with Gasteiger partial charge in [0.05, 0.1) is 0 Å². The topological polar surface area (TPSA) is 3.24 Å². The maximum atomic E-state index is 2.44. The van der Waals surface area contributed by atoms with Gasteiger partial charge in [0.1, 0.15) is 0 Å². The molecule has 0 N–H and O–H groups in total. The van der Waals surface area contributed by atoms with Crippen LogP contribution in [0.3, 0.4) is 0 Å². The molecule has 0 aromatic heterocycles. The molecule has 1 aromatic rings. The van der Waals surface area contributed by atoms with E-state index >= 15 is 0 Å². The van der Waals surface area contributed by atoms with E-state index in [2.05, 4.69) is 85.8 Å². The Hall–Kier alpha value is -1.86. The van der Waals surface area contributed by atoms with E-state index in [1.54, 1.807) is 0 Å². The number of hydrogen-bond acceptors (Lipinski definition) is 1. The van der Waals surface area contributed by atoms with Crippen molar-refractivity contribution in [3.05, 3.63) is 71.8 Å². The van der Waals surface area contributed by atoms with Crippen LogP contribution in [0.4, 0.5) is 0 Å². The average molecular weight is 277 g/mol. The van der Waals surface area contributed by atoms with Gasteiger partial charge < -0.3 is 4.90 Å². The van der Waals surface area contributed by atoms with Crippen LogP contribution >= 0.6 is 0 Å². The maximum absolute atomic E-state index is 2.44. The fraction of sp³-hybridized carbons (Fsp3) is 0.300. The van der Waals surface area contributed by atoms with E-state index in [1.165, 1.54) is 16.7 Å². The van der Waals surface area contributed by atoms with Crippen LogP contribution in [-0.4, -0.2) is 25.5 Å². The van der Waals surface area contributed by atoms with Crippen molar-refractivity contribution in [2.24, 2.45) is 11.8 Å². The van der Waals surface area contributed by atoms with Gasteiger partial charge in [0.15, 0.2) is 0 Å². The van der Waals surface area contributed by atoms with E-state index in [1.807, 2.05) is 0 Å². The summed E-state index contributed by atoms with van der Waals surface area (Å²) in [5, 5.41) is 0. The highest BCUT2D eigenvalue weighted by Crippen LogP contribution is 2.39. The minimum absolute atomic E-state index is 0.470. The molecule has 0 aliphatic heterocycles. The number of allylic oxidation sites excluding steroid dienone is 6. The predicted octanol–water partition coefficient (Wildman–Crippen LogP) is 4.41. The Bertz CT molecular complexity index is 616. The van der Waals surface area contributed by atoms with Crippen molar-refractivity contribution in [3.63, 3.8) is 0 Å². The van der Waals surface area contributed by atoms with Crippen LogP contribution in [0.2, 0.25) is 0 Å². The normalized spacial score (nSPS) is 25.0. The van der Waals surface area contributed by atoms with Crippen LogP contribution in [0.5, 0.6) is 0 Å². The smallest absolute Gasteiger partial charge is 0.0122 e. The van der Waals surface area contributed by atoms with Crippen LogP contribution in [-0.2, 0) is 0 Å². The van der Waals surface area contributed by atoms with Crippen LogP contribution < -0.4 is 0 Å². The zero-order valence-electron chi connectivity index (χ0n) is 12.9. The predicted molar refractivity (Wildman–Crippen MR) is 91.9 cm³/mol. The molecule has 2 aliphatic carbocycles. The molecule has 0 amide bonds. The van der Waals surface area contributed by atoms with Crippen molar-refractivity contribution in [1.82, 2.24) is 4.90 Å². The van der Waals surface area contributed by atoms with E-state index in [0.29, 0.717) is 11.8 Å². The van der Waals surface area contributed by atoms with Gasteiger partial charge >= 0.3 is 0 Å². The average Bonchev–Trinajstić information content (AvgIpc) is 2.65. The third kappa shape index (κ3) is 3.08. The minimum Gasteiger partial charge on any atom is -0.309 e. The van der Waals surface area contributed by atoms with Crippen molar-refractivity contribution in [2.45, 2.75) is 6.42 Å². The van der Waals surface area contributed by atoms with E-state index in [-0.39, 0.29) is 0 Å². The molecule has 108 valence electrons. The van der Waals surface area contributed by atoms with Crippen molar-refractivity contribution < 1.29 is 0 Å². The number of benzene rings is 1. The Labute approximate surface area is 128 Å². The lowest BCUT2D eigenvalue weighted by atomic mass is 9.80. The second kappa shape index (κ2) is 6.28. The summed E-state index contributed by atoms with van der Waals surface area (Å²) in [4.78, 5) is 2.24. The summed E-state index contributed by atoms with van der Waals surface area (Å²) in [6, 6.07) is 8.75. The Morgan fingerprint density at radius 3 is 2.71 bits per heavy atom. The molecule has 0 saturated carbocycles. The van der Waals surface area contributed by atoms with Crippen LogP contribution in [0.15, 0.2) is 60.7 Å². The lowest BCUT2D eigenvalue weighted by molar-refractivity contribution is 0.417. The molecule has 2 atom stereocenters. The molecule has 0 saturated heterocycles. The molecule has 0 fully saturated rings. The van der Waals surface area contributed by atoms with E-state index in [9.17, 15) is 0 Å². The summed E-state index contributed by atoms with van der Waals surface area (Å²) >= 11 is 0. The summed E-state index contributed by atoms with van der Waals surface area (Å²) in [7, 11) is 4.26.